The van der Waals surface area contributed by atoms with Gasteiger partial charge in [0.15, 0.2) is 0 Å². The van der Waals surface area contributed by atoms with Gasteiger partial charge in [-0.05, 0) is 36.5 Å². The molecule has 0 spiro atoms. The molecule has 0 unspecified atom stereocenters. The highest BCUT2D eigenvalue weighted by Gasteiger charge is 1.99. The lowest BCUT2D eigenvalue weighted by Gasteiger charge is -2.06. The maximum absolute atomic E-state index is 8.65. The van der Waals surface area contributed by atoms with Gasteiger partial charge in [0.2, 0.25) is 0 Å². The van der Waals surface area contributed by atoms with Crippen LogP contribution in [0.2, 0.25) is 0 Å². The van der Waals surface area contributed by atoms with E-state index in [1.165, 1.54) is 30.4 Å². The average molecular weight is 204 g/mol. The van der Waals surface area contributed by atoms with Crippen LogP contribution in [0.1, 0.15) is 37.3 Å². The normalized spacial score (nSPS) is 11.0. The number of rotatable bonds is 6. The number of allylic oxidation sites excluding steroid dienone is 1. The predicted molar refractivity (Wildman–Crippen MR) is 65.1 cm³/mol. The molecule has 1 aromatic rings. The SMILES string of the molecule is CCCCCc1ccccc1CC=CO. The highest BCUT2D eigenvalue weighted by atomic mass is 16.2. The van der Waals surface area contributed by atoms with Crippen LogP contribution in [0.25, 0.3) is 0 Å². The van der Waals surface area contributed by atoms with Crippen molar-refractivity contribution in [2.24, 2.45) is 0 Å². The summed E-state index contributed by atoms with van der Waals surface area (Å²) in [5, 5.41) is 8.65. The van der Waals surface area contributed by atoms with Gasteiger partial charge in [-0.3, -0.25) is 0 Å². The minimum atomic E-state index is 0.832. The molecule has 15 heavy (non-hydrogen) atoms. The van der Waals surface area contributed by atoms with E-state index in [1.54, 1.807) is 6.08 Å². The average Bonchev–Trinajstić information content (AvgIpc) is 2.28. The van der Waals surface area contributed by atoms with Crippen molar-refractivity contribution in [1.82, 2.24) is 0 Å². The van der Waals surface area contributed by atoms with Crippen LogP contribution in [-0.4, -0.2) is 5.11 Å². The summed E-state index contributed by atoms with van der Waals surface area (Å²) < 4.78 is 0. The molecule has 0 aliphatic carbocycles. The molecule has 0 aliphatic rings. The van der Waals surface area contributed by atoms with Gasteiger partial charge in [0.05, 0.1) is 6.26 Å². The molecule has 1 heteroatoms. The van der Waals surface area contributed by atoms with Gasteiger partial charge in [0, 0.05) is 0 Å². The number of aliphatic hydroxyl groups is 1. The lowest BCUT2D eigenvalue weighted by Crippen LogP contribution is -1.93. The Balaban J connectivity index is 2.59. The van der Waals surface area contributed by atoms with Crippen molar-refractivity contribution in [2.45, 2.75) is 39.0 Å². The first-order valence-electron chi connectivity index (χ1n) is 5.74. The van der Waals surface area contributed by atoms with Crippen LogP contribution < -0.4 is 0 Å². The fourth-order valence-corrected chi connectivity index (χ4v) is 1.75. The highest BCUT2D eigenvalue weighted by molar-refractivity contribution is 5.28. The van der Waals surface area contributed by atoms with E-state index < -0.39 is 0 Å². The lowest BCUT2D eigenvalue weighted by atomic mass is 9.99. The second-order valence-corrected chi connectivity index (χ2v) is 3.81. The van der Waals surface area contributed by atoms with Crippen molar-refractivity contribution in [3.05, 3.63) is 47.7 Å². The molecule has 0 aromatic heterocycles. The number of aliphatic hydroxyl groups excluding tert-OH is 1. The molecule has 0 bridgehead atoms. The Morgan fingerprint density at radius 3 is 2.53 bits per heavy atom. The molecule has 1 N–H and O–H groups in total. The van der Waals surface area contributed by atoms with Gasteiger partial charge in [0.25, 0.3) is 0 Å². The molecule has 0 saturated carbocycles. The minimum absolute atomic E-state index is 0.832. The topological polar surface area (TPSA) is 20.2 Å². The fraction of sp³-hybridized carbons (Fsp3) is 0.429. The molecule has 0 amide bonds. The molecule has 82 valence electrons. The third-order valence-corrected chi connectivity index (χ3v) is 2.61. The van der Waals surface area contributed by atoms with E-state index in [2.05, 4.69) is 31.2 Å². The van der Waals surface area contributed by atoms with E-state index in [0.717, 1.165) is 19.1 Å². The van der Waals surface area contributed by atoms with Crippen LogP contribution in [0, 0.1) is 0 Å². The van der Waals surface area contributed by atoms with Crippen LogP contribution in [0.4, 0.5) is 0 Å². The Morgan fingerprint density at radius 2 is 1.87 bits per heavy atom. The van der Waals surface area contributed by atoms with Gasteiger partial charge in [0.1, 0.15) is 0 Å². The highest BCUT2D eigenvalue weighted by Crippen LogP contribution is 2.13. The largest absolute Gasteiger partial charge is 0.516 e. The second-order valence-electron chi connectivity index (χ2n) is 3.81. The number of hydrogen-bond donors (Lipinski definition) is 1. The monoisotopic (exact) mass is 204 g/mol. The Hall–Kier alpha value is -1.24. The van der Waals surface area contributed by atoms with E-state index in [-0.39, 0.29) is 0 Å². The first kappa shape index (κ1) is 11.8. The number of unbranched alkanes of at least 4 members (excludes halogenated alkanes) is 2. The Bertz CT molecular complexity index is 302. The molecule has 0 heterocycles. The smallest absolute Gasteiger partial charge is 0.0755 e. The third kappa shape index (κ3) is 4.20. The summed E-state index contributed by atoms with van der Waals surface area (Å²) in [6.07, 6.45) is 8.72. The van der Waals surface area contributed by atoms with E-state index in [4.69, 9.17) is 5.11 Å². The Morgan fingerprint density at radius 1 is 1.13 bits per heavy atom. The quantitative estimate of drug-likeness (QED) is 0.548. The van der Waals surface area contributed by atoms with Crippen molar-refractivity contribution >= 4 is 0 Å². The van der Waals surface area contributed by atoms with Gasteiger partial charge in [-0.2, -0.15) is 0 Å². The predicted octanol–water partition coefficient (Wildman–Crippen LogP) is 4.03. The minimum Gasteiger partial charge on any atom is -0.516 e. The summed E-state index contributed by atoms with van der Waals surface area (Å²) in [6, 6.07) is 8.48. The van der Waals surface area contributed by atoms with Crippen molar-refractivity contribution < 1.29 is 5.11 Å². The van der Waals surface area contributed by atoms with Crippen LogP contribution in [0.15, 0.2) is 36.6 Å². The zero-order valence-corrected chi connectivity index (χ0v) is 9.45. The number of aryl methyl sites for hydroxylation is 1. The summed E-state index contributed by atoms with van der Waals surface area (Å²) >= 11 is 0. The van der Waals surface area contributed by atoms with E-state index >= 15 is 0 Å². The summed E-state index contributed by atoms with van der Waals surface area (Å²) in [4.78, 5) is 0. The van der Waals surface area contributed by atoms with Crippen molar-refractivity contribution in [3.63, 3.8) is 0 Å². The summed E-state index contributed by atoms with van der Waals surface area (Å²) in [7, 11) is 0. The number of hydrogen-bond acceptors (Lipinski definition) is 1. The van der Waals surface area contributed by atoms with Gasteiger partial charge in [-0.25, -0.2) is 0 Å². The summed E-state index contributed by atoms with van der Waals surface area (Å²) in [6.45, 7) is 2.22. The van der Waals surface area contributed by atoms with E-state index in [9.17, 15) is 0 Å². The molecule has 0 aliphatic heterocycles. The Labute approximate surface area is 92.5 Å². The van der Waals surface area contributed by atoms with Gasteiger partial charge in [-0.15, -0.1) is 0 Å². The van der Waals surface area contributed by atoms with Crippen LogP contribution in [-0.2, 0) is 12.8 Å². The third-order valence-electron chi connectivity index (χ3n) is 2.61. The first-order chi connectivity index (χ1) is 7.38. The fourth-order valence-electron chi connectivity index (χ4n) is 1.75. The van der Waals surface area contributed by atoms with E-state index in [0.29, 0.717) is 0 Å². The van der Waals surface area contributed by atoms with Gasteiger partial charge in [-0.1, -0.05) is 44.0 Å². The van der Waals surface area contributed by atoms with E-state index in [1.807, 2.05) is 0 Å². The zero-order chi connectivity index (χ0) is 10.9. The maximum atomic E-state index is 8.65. The van der Waals surface area contributed by atoms with Crippen molar-refractivity contribution in [2.75, 3.05) is 0 Å². The maximum Gasteiger partial charge on any atom is 0.0755 e. The van der Waals surface area contributed by atoms with Crippen LogP contribution in [0.5, 0.6) is 0 Å². The first-order valence-corrected chi connectivity index (χ1v) is 5.74. The number of benzene rings is 1. The molecule has 0 radical (unpaired) electrons. The van der Waals surface area contributed by atoms with Crippen LogP contribution >= 0.6 is 0 Å². The molecule has 0 saturated heterocycles. The standard InChI is InChI=1S/C14H20O/c1-2-3-4-8-13-9-5-6-10-14(13)11-7-12-15/h5-7,9-10,12,15H,2-4,8,11H2,1H3. The molecule has 0 atom stereocenters. The molecular formula is C14H20O. The van der Waals surface area contributed by atoms with Crippen molar-refractivity contribution in [3.8, 4) is 0 Å². The molecule has 1 aromatic carbocycles. The molecular weight excluding hydrogens is 184 g/mol. The van der Waals surface area contributed by atoms with Gasteiger partial charge >= 0.3 is 0 Å². The van der Waals surface area contributed by atoms with Crippen molar-refractivity contribution in [1.29, 1.82) is 0 Å². The van der Waals surface area contributed by atoms with Crippen LogP contribution in [0.3, 0.4) is 0 Å². The Kier molecular flexibility index (Phi) is 5.60. The molecule has 1 nitrogen and oxygen atoms in total. The summed E-state index contributed by atoms with van der Waals surface area (Å²) in [5.74, 6) is 0. The summed E-state index contributed by atoms with van der Waals surface area (Å²) in [5.41, 5.74) is 2.75. The molecule has 0 fully saturated rings. The molecule has 1 rings (SSSR count). The van der Waals surface area contributed by atoms with Gasteiger partial charge < -0.3 is 5.11 Å². The lowest BCUT2D eigenvalue weighted by molar-refractivity contribution is 0.471. The zero-order valence-electron chi connectivity index (χ0n) is 9.45. The second kappa shape index (κ2) is 7.10.